The molecular weight excluding hydrogens is 234 g/mol. The van der Waals surface area contributed by atoms with Crippen molar-refractivity contribution in [2.24, 2.45) is 11.7 Å². The topological polar surface area (TPSA) is 32.5 Å². The lowest BCUT2D eigenvalue weighted by Gasteiger charge is -2.28. The maximum Gasteiger partial charge on any atom is 0.0366 e. The third kappa shape index (κ3) is 2.55. The SMILES string of the molecule is CN1CCC(CN(C)C2CC(N)c3ccccc32)C1. The predicted molar refractivity (Wildman–Crippen MR) is 79.0 cm³/mol. The van der Waals surface area contributed by atoms with E-state index in [1.165, 1.54) is 37.2 Å². The number of nitrogens with zero attached hydrogens (tertiary/aromatic N) is 2. The van der Waals surface area contributed by atoms with Gasteiger partial charge in [0.1, 0.15) is 0 Å². The Morgan fingerprint density at radius 1 is 1.32 bits per heavy atom. The highest BCUT2D eigenvalue weighted by molar-refractivity contribution is 5.37. The smallest absolute Gasteiger partial charge is 0.0366 e. The molecule has 104 valence electrons. The van der Waals surface area contributed by atoms with Crippen LogP contribution in [0.5, 0.6) is 0 Å². The molecule has 2 N–H and O–H groups in total. The first-order valence-electron chi connectivity index (χ1n) is 7.38. The molecule has 0 radical (unpaired) electrons. The monoisotopic (exact) mass is 259 g/mol. The van der Waals surface area contributed by atoms with E-state index in [0.29, 0.717) is 6.04 Å². The van der Waals surface area contributed by atoms with Crippen LogP contribution in [0.3, 0.4) is 0 Å². The minimum absolute atomic E-state index is 0.218. The van der Waals surface area contributed by atoms with Crippen LogP contribution in [0.25, 0.3) is 0 Å². The summed E-state index contributed by atoms with van der Waals surface area (Å²) in [6, 6.07) is 9.42. The zero-order valence-corrected chi connectivity index (χ0v) is 12.0. The van der Waals surface area contributed by atoms with Crippen LogP contribution >= 0.6 is 0 Å². The minimum Gasteiger partial charge on any atom is -0.324 e. The number of rotatable bonds is 3. The van der Waals surface area contributed by atoms with Gasteiger partial charge in [0, 0.05) is 25.2 Å². The first-order valence-corrected chi connectivity index (χ1v) is 7.38. The number of hydrogen-bond acceptors (Lipinski definition) is 3. The van der Waals surface area contributed by atoms with Gasteiger partial charge in [-0.15, -0.1) is 0 Å². The van der Waals surface area contributed by atoms with Crippen LogP contribution in [0.4, 0.5) is 0 Å². The summed E-state index contributed by atoms with van der Waals surface area (Å²) in [7, 11) is 4.48. The third-order valence-electron chi connectivity index (χ3n) is 4.80. The van der Waals surface area contributed by atoms with Gasteiger partial charge in [0.15, 0.2) is 0 Å². The molecule has 19 heavy (non-hydrogen) atoms. The molecule has 3 nitrogen and oxygen atoms in total. The second-order valence-corrected chi connectivity index (χ2v) is 6.34. The van der Waals surface area contributed by atoms with Gasteiger partial charge in [0.25, 0.3) is 0 Å². The summed E-state index contributed by atoms with van der Waals surface area (Å²) < 4.78 is 0. The highest BCUT2D eigenvalue weighted by Gasteiger charge is 2.32. The molecule has 3 rings (SSSR count). The van der Waals surface area contributed by atoms with E-state index in [1.54, 1.807) is 0 Å². The zero-order valence-electron chi connectivity index (χ0n) is 12.0. The Morgan fingerprint density at radius 3 is 2.74 bits per heavy atom. The van der Waals surface area contributed by atoms with Crippen molar-refractivity contribution in [1.82, 2.24) is 9.80 Å². The van der Waals surface area contributed by atoms with Gasteiger partial charge in [-0.1, -0.05) is 24.3 Å². The van der Waals surface area contributed by atoms with Crippen molar-refractivity contribution in [2.75, 3.05) is 33.7 Å². The molecule has 2 aliphatic rings. The quantitative estimate of drug-likeness (QED) is 0.901. The molecule has 0 bridgehead atoms. The molecule has 0 amide bonds. The van der Waals surface area contributed by atoms with Crippen molar-refractivity contribution >= 4 is 0 Å². The van der Waals surface area contributed by atoms with Gasteiger partial charge in [-0.3, -0.25) is 4.90 Å². The second-order valence-electron chi connectivity index (χ2n) is 6.34. The standard InChI is InChI=1S/C16H25N3/c1-18-8-7-12(10-18)11-19(2)16-9-15(17)13-5-3-4-6-14(13)16/h3-6,12,15-16H,7-11,17H2,1-2H3. The minimum atomic E-state index is 0.218. The van der Waals surface area contributed by atoms with E-state index in [0.717, 1.165) is 12.3 Å². The van der Waals surface area contributed by atoms with Crippen LogP contribution in [-0.2, 0) is 0 Å². The second kappa shape index (κ2) is 5.23. The number of likely N-dealkylation sites (tertiary alicyclic amines) is 1. The van der Waals surface area contributed by atoms with Crippen molar-refractivity contribution in [3.63, 3.8) is 0 Å². The molecule has 1 aliphatic heterocycles. The lowest BCUT2D eigenvalue weighted by molar-refractivity contribution is 0.202. The predicted octanol–water partition coefficient (Wildman–Crippen LogP) is 2.01. The van der Waals surface area contributed by atoms with E-state index in [9.17, 15) is 0 Å². The molecule has 1 heterocycles. The van der Waals surface area contributed by atoms with Gasteiger partial charge in [0.2, 0.25) is 0 Å². The molecule has 1 aromatic rings. The Kier molecular flexibility index (Phi) is 3.61. The van der Waals surface area contributed by atoms with Gasteiger partial charge in [0.05, 0.1) is 0 Å². The van der Waals surface area contributed by atoms with Gasteiger partial charge < -0.3 is 10.6 Å². The molecule has 1 aliphatic carbocycles. The highest BCUT2D eigenvalue weighted by atomic mass is 15.2. The van der Waals surface area contributed by atoms with Crippen molar-refractivity contribution in [3.8, 4) is 0 Å². The molecule has 3 unspecified atom stereocenters. The number of fused-ring (bicyclic) bond motifs is 1. The van der Waals surface area contributed by atoms with Gasteiger partial charge in [-0.05, 0) is 50.5 Å². The van der Waals surface area contributed by atoms with Gasteiger partial charge in [-0.25, -0.2) is 0 Å². The van der Waals surface area contributed by atoms with Gasteiger partial charge >= 0.3 is 0 Å². The number of benzene rings is 1. The fraction of sp³-hybridized carbons (Fsp3) is 0.625. The van der Waals surface area contributed by atoms with Crippen LogP contribution in [0.2, 0.25) is 0 Å². The summed E-state index contributed by atoms with van der Waals surface area (Å²) in [5, 5.41) is 0. The lowest BCUT2D eigenvalue weighted by Crippen LogP contribution is -2.30. The normalized spacial score (nSPS) is 31.1. The molecule has 3 heteroatoms. The Labute approximate surface area is 116 Å². The summed E-state index contributed by atoms with van der Waals surface area (Å²) in [6.07, 6.45) is 2.40. The van der Waals surface area contributed by atoms with E-state index in [-0.39, 0.29) is 6.04 Å². The average molecular weight is 259 g/mol. The van der Waals surface area contributed by atoms with Crippen LogP contribution < -0.4 is 5.73 Å². The fourth-order valence-electron chi connectivity index (χ4n) is 3.77. The number of nitrogens with two attached hydrogens (primary N) is 1. The third-order valence-corrected chi connectivity index (χ3v) is 4.80. The first-order chi connectivity index (χ1) is 9.15. The summed E-state index contributed by atoms with van der Waals surface area (Å²) >= 11 is 0. The van der Waals surface area contributed by atoms with Crippen molar-refractivity contribution in [3.05, 3.63) is 35.4 Å². The molecule has 0 saturated carbocycles. The van der Waals surface area contributed by atoms with E-state index >= 15 is 0 Å². The maximum atomic E-state index is 6.27. The largest absolute Gasteiger partial charge is 0.324 e. The Bertz CT molecular complexity index is 445. The Morgan fingerprint density at radius 2 is 2.05 bits per heavy atom. The Hall–Kier alpha value is -0.900. The maximum absolute atomic E-state index is 6.27. The zero-order chi connectivity index (χ0) is 13.4. The average Bonchev–Trinajstić information content (AvgIpc) is 2.95. The lowest BCUT2D eigenvalue weighted by atomic mass is 10.0. The first kappa shape index (κ1) is 13.1. The van der Waals surface area contributed by atoms with E-state index in [2.05, 4.69) is 48.2 Å². The summed E-state index contributed by atoms with van der Waals surface area (Å²) in [5.74, 6) is 0.819. The van der Waals surface area contributed by atoms with E-state index in [1.807, 2.05) is 0 Å². The molecule has 0 spiro atoms. The van der Waals surface area contributed by atoms with Crippen molar-refractivity contribution in [2.45, 2.75) is 24.9 Å². The van der Waals surface area contributed by atoms with Crippen molar-refractivity contribution < 1.29 is 0 Å². The molecule has 1 aromatic carbocycles. The van der Waals surface area contributed by atoms with E-state index in [4.69, 9.17) is 5.73 Å². The van der Waals surface area contributed by atoms with E-state index < -0.39 is 0 Å². The van der Waals surface area contributed by atoms with Crippen LogP contribution in [0, 0.1) is 5.92 Å². The van der Waals surface area contributed by atoms with Gasteiger partial charge in [-0.2, -0.15) is 0 Å². The van der Waals surface area contributed by atoms with Crippen LogP contribution in [-0.4, -0.2) is 43.5 Å². The van der Waals surface area contributed by atoms with Crippen molar-refractivity contribution in [1.29, 1.82) is 0 Å². The summed E-state index contributed by atoms with van der Waals surface area (Å²) in [6.45, 7) is 3.68. The van der Waals surface area contributed by atoms with Crippen LogP contribution in [0.1, 0.15) is 36.1 Å². The summed E-state index contributed by atoms with van der Waals surface area (Å²) in [5.41, 5.74) is 9.07. The summed E-state index contributed by atoms with van der Waals surface area (Å²) in [4.78, 5) is 4.96. The molecular formula is C16H25N3. The molecule has 0 aromatic heterocycles. The molecule has 3 atom stereocenters. The highest BCUT2D eigenvalue weighted by Crippen LogP contribution is 2.40. The Balaban J connectivity index is 1.69. The fourth-order valence-corrected chi connectivity index (χ4v) is 3.77. The molecule has 1 fully saturated rings. The molecule has 1 saturated heterocycles. The number of hydrogen-bond donors (Lipinski definition) is 1. The van der Waals surface area contributed by atoms with Crippen LogP contribution in [0.15, 0.2) is 24.3 Å².